The second-order valence-electron chi connectivity index (χ2n) is 6.32. The number of halogens is 2. The fraction of sp³-hybridized carbons (Fsp3) is 0.316. The molecule has 2 aromatic rings. The lowest BCUT2D eigenvalue weighted by Crippen LogP contribution is -2.29. The second-order valence-corrected chi connectivity index (χ2v) is 8.81. The summed E-state index contributed by atoms with van der Waals surface area (Å²) in [7, 11) is -3.94. The van der Waals surface area contributed by atoms with E-state index in [1.54, 1.807) is 30.3 Å². The van der Waals surface area contributed by atoms with Crippen LogP contribution in [0.3, 0.4) is 0 Å². The molecule has 0 bridgehead atoms. The number of benzene rings is 2. The van der Waals surface area contributed by atoms with Gasteiger partial charge in [-0.3, -0.25) is 9.52 Å². The first-order valence-corrected chi connectivity index (χ1v) is 11.1. The van der Waals surface area contributed by atoms with Crippen molar-refractivity contribution in [3.05, 3.63) is 52.5 Å². The smallest absolute Gasteiger partial charge is 0.263 e. The largest absolute Gasteiger partial charge is 0.326 e. The molecule has 0 saturated heterocycles. The molecule has 6 nitrogen and oxygen atoms in total. The number of hydrogen-bond donors (Lipinski definition) is 3. The summed E-state index contributed by atoms with van der Waals surface area (Å²) in [4.78, 5) is 12.0. The number of anilines is 2. The molecule has 1 amide bonds. The van der Waals surface area contributed by atoms with Gasteiger partial charge < -0.3 is 10.6 Å². The lowest BCUT2D eigenvalue weighted by atomic mass is 10.2. The van der Waals surface area contributed by atoms with E-state index in [4.69, 9.17) is 23.2 Å². The highest BCUT2D eigenvalue weighted by molar-refractivity contribution is 7.92. The summed E-state index contributed by atoms with van der Waals surface area (Å²) < 4.78 is 27.8. The first-order valence-electron chi connectivity index (χ1n) is 8.82. The van der Waals surface area contributed by atoms with Gasteiger partial charge in [0.1, 0.15) is 4.90 Å². The van der Waals surface area contributed by atoms with Gasteiger partial charge in [-0.1, -0.05) is 30.1 Å². The van der Waals surface area contributed by atoms with Gasteiger partial charge in [-0.15, -0.1) is 0 Å². The third kappa shape index (κ3) is 6.67. The Labute approximate surface area is 175 Å². The van der Waals surface area contributed by atoms with Crippen LogP contribution in [0.2, 0.25) is 10.0 Å². The average Bonchev–Trinajstić information content (AvgIpc) is 2.64. The minimum atomic E-state index is -3.94. The van der Waals surface area contributed by atoms with Crippen molar-refractivity contribution in [2.24, 2.45) is 0 Å². The van der Waals surface area contributed by atoms with E-state index in [2.05, 4.69) is 22.3 Å². The SMILES string of the molecule is CC[C@@H](C)NCCC(=O)Nc1ccc(Cl)c(S(=O)(=O)Nc2ccc(Cl)cc2)c1. The summed E-state index contributed by atoms with van der Waals surface area (Å²) in [5, 5.41) is 6.47. The second kappa shape index (κ2) is 10.1. The van der Waals surface area contributed by atoms with Gasteiger partial charge in [0.2, 0.25) is 5.91 Å². The molecule has 0 spiro atoms. The van der Waals surface area contributed by atoms with Gasteiger partial charge in [0.25, 0.3) is 10.0 Å². The first-order chi connectivity index (χ1) is 13.2. The quantitative estimate of drug-likeness (QED) is 0.531. The van der Waals surface area contributed by atoms with Crippen LogP contribution < -0.4 is 15.4 Å². The molecule has 3 N–H and O–H groups in total. The molecule has 0 aliphatic rings. The molecule has 152 valence electrons. The first kappa shape index (κ1) is 22.5. The van der Waals surface area contributed by atoms with Gasteiger partial charge in [0.05, 0.1) is 5.02 Å². The Balaban J connectivity index is 2.09. The number of amides is 1. The Hall–Kier alpha value is -1.80. The molecule has 1 atom stereocenters. The van der Waals surface area contributed by atoms with Gasteiger partial charge >= 0.3 is 0 Å². The van der Waals surface area contributed by atoms with Crippen molar-refractivity contribution in [3.8, 4) is 0 Å². The predicted octanol–water partition coefficient (Wildman–Crippen LogP) is 4.51. The Kier molecular flexibility index (Phi) is 8.12. The zero-order valence-corrected chi connectivity index (χ0v) is 18.0. The van der Waals surface area contributed by atoms with Crippen molar-refractivity contribution in [1.29, 1.82) is 0 Å². The molecule has 0 aliphatic carbocycles. The third-order valence-electron chi connectivity index (χ3n) is 4.06. The van der Waals surface area contributed by atoms with E-state index in [1.807, 2.05) is 6.92 Å². The summed E-state index contributed by atoms with van der Waals surface area (Å²) in [5.41, 5.74) is 0.709. The van der Waals surface area contributed by atoms with Crippen molar-refractivity contribution < 1.29 is 13.2 Å². The number of rotatable bonds is 9. The maximum Gasteiger partial charge on any atom is 0.263 e. The highest BCUT2D eigenvalue weighted by atomic mass is 35.5. The van der Waals surface area contributed by atoms with E-state index >= 15 is 0 Å². The van der Waals surface area contributed by atoms with Gasteiger partial charge in [-0.2, -0.15) is 0 Å². The van der Waals surface area contributed by atoms with Crippen LogP contribution in [-0.2, 0) is 14.8 Å². The van der Waals surface area contributed by atoms with Crippen LogP contribution >= 0.6 is 23.2 Å². The average molecular weight is 444 g/mol. The van der Waals surface area contributed by atoms with E-state index in [0.29, 0.717) is 29.0 Å². The van der Waals surface area contributed by atoms with E-state index in [0.717, 1.165) is 6.42 Å². The summed E-state index contributed by atoms with van der Waals surface area (Å²) in [6.07, 6.45) is 1.25. The topological polar surface area (TPSA) is 87.3 Å². The minimum Gasteiger partial charge on any atom is -0.326 e. The highest BCUT2D eigenvalue weighted by Gasteiger charge is 2.19. The van der Waals surface area contributed by atoms with E-state index in [1.165, 1.54) is 12.1 Å². The molecule has 9 heteroatoms. The normalized spacial score (nSPS) is 12.4. The molecule has 0 unspecified atom stereocenters. The minimum absolute atomic E-state index is 0.0536. The fourth-order valence-electron chi connectivity index (χ4n) is 2.32. The van der Waals surface area contributed by atoms with E-state index in [9.17, 15) is 13.2 Å². The Morgan fingerprint density at radius 3 is 2.36 bits per heavy atom. The molecular weight excluding hydrogens is 421 g/mol. The molecule has 0 fully saturated rings. The van der Waals surface area contributed by atoms with E-state index in [-0.39, 0.29) is 22.2 Å². The van der Waals surface area contributed by atoms with Crippen molar-refractivity contribution in [2.45, 2.75) is 37.6 Å². The van der Waals surface area contributed by atoms with Crippen molar-refractivity contribution in [1.82, 2.24) is 5.32 Å². The zero-order valence-electron chi connectivity index (χ0n) is 15.6. The maximum absolute atomic E-state index is 12.7. The molecule has 0 aliphatic heterocycles. The Morgan fingerprint density at radius 2 is 1.71 bits per heavy atom. The summed E-state index contributed by atoms with van der Waals surface area (Å²) in [6, 6.07) is 10.9. The van der Waals surface area contributed by atoms with Crippen LogP contribution in [0.15, 0.2) is 47.4 Å². The standard InChI is InChI=1S/C19H23Cl2N3O3S/c1-3-13(2)22-11-10-19(25)23-16-8-9-17(21)18(12-16)28(26,27)24-15-6-4-14(20)5-7-15/h4-9,12-13,22,24H,3,10-11H2,1-2H3,(H,23,25)/t13-/m1/s1. The predicted molar refractivity (Wildman–Crippen MR) is 115 cm³/mol. The fourth-order valence-corrected chi connectivity index (χ4v) is 4.03. The van der Waals surface area contributed by atoms with Gasteiger partial charge in [-0.05, 0) is 55.8 Å². The number of carbonyl (C=O) groups excluding carboxylic acids is 1. The van der Waals surface area contributed by atoms with Gasteiger partial charge in [-0.25, -0.2) is 8.42 Å². The van der Waals surface area contributed by atoms with Crippen LogP contribution in [0, 0.1) is 0 Å². The van der Waals surface area contributed by atoms with Gasteiger partial charge in [0, 0.05) is 35.4 Å². The molecule has 2 rings (SSSR count). The number of nitrogens with one attached hydrogen (secondary N) is 3. The number of hydrogen-bond acceptors (Lipinski definition) is 4. The van der Waals surface area contributed by atoms with Crippen molar-refractivity contribution in [3.63, 3.8) is 0 Å². The number of carbonyl (C=O) groups is 1. The molecule has 0 saturated carbocycles. The molecule has 0 radical (unpaired) electrons. The summed E-state index contributed by atoms with van der Waals surface area (Å²) in [6.45, 7) is 4.64. The lowest BCUT2D eigenvalue weighted by molar-refractivity contribution is -0.116. The zero-order chi connectivity index (χ0) is 20.7. The lowest BCUT2D eigenvalue weighted by Gasteiger charge is -2.13. The summed E-state index contributed by atoms with van der Waals surface area (Å²) >= 11 is 11.9. The van der Waals surface area contributed by atoms with Crippen LogP contribution in [0.5, 0.6) is 0 Å². The van der Waals surface area contributed by atoms with Crippen LogP contribution in [0.4, 0.5) is 11.4 Å². The molecule has 0 aromatic heterocycles. The van der Waals surface area contributed by atoms with Crippen LogP contribution in [0.1, 0.15) is 26.7 Å². The Bertz CT molecular complexity index is 919. The van der Waals surface area contributed by atoms with Crippen LogP contribution in [0.25, 0.3) is 0 Å². The van der Waals surface area contributed by atoms with Crippen molar-refractivity contribution >= 4 is 50.5 Å². The maximum atomic E-state index is 12.7. The van der Waals surface area contributed by atoms with Crippen molar-refractivity contribution in [2.75, 3.05) is 16.6 Å². The summed E-state index contributed by atoms with van der Waals surface area (Å²) in [5.74, 6) is -0.216. The van der Waals surface area contributed by atoms with Gasteiger partial charge in [0.15, 0.2) is 0 Å². The molecule has 0 heterocycles. The highest BCUT2D eigenvalue weighted by Crippen LogP contribution is 2.27. The monoisotopic (exact) mass is 443 g/mol. The third-order valence-corrected chi connectivity index (χ3v) is 6.17. The van der Waals surface area contributed by atoms with Crippen LogP contribution in [-0.4, -0.2) is 26.9 Å². The Morgan fingerprint density at radius 1 is 1.07 bits per heavy atom. The van der Waals surface area contributed by atoms with E-state index < -0.39 is 10.0 Å². The molecular formula is C19H23Cl2N3O3S. The molecule has 28 heavy (non-hydrogen) atoms. The number of sulfonamides is 1. The molecule has 2 aromatic carbocycles.